The van der Waals surface area contributed by atoms with Crippen molar-refractivity contribution in [1.29, 1.82) is 0 Å². The van der Waals surface area contributed by atoms with E-state index in [0.717, 1.165) is 23.8 Å². The van der Waals surface area contributed by atoms with Crippen molar-refractivity contribution in [2.45, 2.75) is 12.8 Å². The van der Waals surface area contributed by atoms with Crippen LogP contribution < -0.4 is 10.6 Å². The molecule has 0 aliphatic heterocycles. The molecule has 4 heterocycles. The second-order valence-electron chi connectivity index (χ2n) is 8.00. The van der Waals surface area contributed by atoms with E-state index in [1.54, 1.807) is 36.4 Å². The maximum atomic E-state index is 13.0. The Hall–Kier alpha value is -4.60. The van der Waals surface area contributed by atoms with Crippen LogP contribution in [0.2, 0.25) is 0 Å². The van der Waals surface area contributed by atoms with Crippen LogP contribution in [0.5, 0.6) is 0 Å². The summed E-state index contributed by atoms with van der Waals surface area (Å²) in [4.78, 5) is 34.7. The lowest BCUT2D eigenvalue weighted by molar-refractivity contribution is -0.122. The van der Waals surface area contributed by atoms with Gasteiger partial charge in [0, 0.05) is 37.7 Å². The van der Waals surface area contributed by atoms with Gasteiger partial charge in [0.2, 0.25) is 0 Å². The molecule has 0 spiro atoms. The Morgan fingerprint density at radius 1 is 1.11 bits per heavy atom. The minimum atomic E-state index is -0.307. The number of amides is 1. The SMILES string of the molecule is Cn1cc(NC(=O)c2cccc(-c3ccnc(NCC4CC4)c3)n2)c(-c2ccccn2)n1.O=CO. The van der Waals surface area contributed by atoms with Crippen LogP contribution in [-0.2, 0) is 11.8 Å². The Labute approximate surface area is 202 Å². The van der Waals surface area contributed by atoms with E-state index >= 15 is 0 Å². The first kappa shape index (κ1) is 23.6. The summed E-state index contributed by atoms with van der Waals surface area (Å²) in [6.45, 7) is 0.691. The number of aromatic nitrogens is 5. The fraction of sp³-hybridized carbons (Fsp3) is 0.200. The zero-order valence-corrected chi connectivity index (χ0v) is 19.1. The first-order chi connectivity index (χ1) is 17.1. The molecule has 10 heteroatoms. The molecule has 0 saturated heterocycles. The molecule has 4 aromatic heterocycles. The summed E-state index contributed by atoms with van der Waals surface area (Å²) in [5, 5.41) is 17.6. The molecule has 1 amide bonds. The Morgan fingerprint density at radius 2 is 1.91 bits per heavy atom. The lowest BCUT2D eigenvalue weighted by atomic mass is 10.1. The number of carboxylic acid groups (broad SMARTS) is 1. The van der Waals surface area contributed by atoms with Crippen molar-refractivity contribution >= 4 is 23.9 Å². The number of nitrogens with zero attached hydrogens (tertiary/aromatic N) is 5. The number of aryl methyl sites for hydroxylation is 1. The molecule has 0 atom stereocenters. The average Bonchev–Trinajstić information content (AvgIpc) is 3.65. The predicted molar refractivity (Wildman–Crippen MR) is 132 cm³/mol. The predicted octanol–water partition coefficient (Wildman–Crippen LogP) is 3.71. The summed E-state index contributed by atoms with van der Waals surface area (Å²) < 4.78 is 1.65. The zero-order valence-electron chi connectivity index (χ0n) is 19.1. The van der Waals surface area contributed by atoms with Gasteiger partial charge in [0.25, 0.3) is 12.4 Å². The van der Waals surface area contributed by atoms with Crippen LogP contribution in [0.4, 0.5) is 11.5 Å². The number of anilines is 2. The number of pyridine rings is 3. The molecule has 1 aliphatic carbocycles. The third-order valence-corrected chi connectivity index (χ3v) is 5.29. The van der Waals surface area contributed by atoms with E-state index in [1.807, 2.05) is 42.5 Å². The van der Waals surface area contributed by atoms with Gasteiger partial charge in [-0.1, -0.05) is 12.1 Å². The maximum absolute atomic E-state index is 13.0. The maximum Gasteiger partial charge on any atom is 0.290 e. The lowest BCUT2D eigenvalue weighted by Gasteiger charge is -2.08. The second-order valence-corrected chi connectivity index (χ2v) is 8.00. The van der Waals surface area contributed by atoms with E-state index in [2.05, 4.69) is 30.7 Å². The van der Waals surface area contributed by atoms with E-state index in [0.29, 0.717) is 28.5 Å². The third-order valence-electron chi connectivity index (χ3n) is 5.29. The van der Waals surface area contributed by atoms with Crippen LogP contribution in [0.25, 0.3) is 22.6 Å². The molecule has 10 nitrogen and oxygen atoms in total. The number of rotatable bonds is 7. The normalized spacial score (nSPS) is 12.3. The summed E-state index contributed by atoms with van der Waals surface area (Å²) in [6, 6.07) is 14.9. The highest BCUT2D eigenvalue weighted by Gasteiger charge is 2.21. The third kappa shape index (κ3) is 6.26. The van der Waals surface area contributed by atoms with Gasteiger partial charge in [-0.2, -0.15) is 5.10 Å². The van der Waals surface area contributed by atoms with Crippen LogP contribution in [0.15, 0.2) is 67.1 Å². The Morgan fingerprint density at radius 3 is 2.66 bits per heavy atom. The largest absolute Gasteiger partial charge is 0.483 e. The lowest BCUT2D eigenvalue weighted by Crippen LogP contribution is -2.14. The van der Waals surface area contributed by atoms with Crippen LogP contribution in [-0.4, -0.2) is 48.8 Å². The van der Waals surface area contributed by atoms with Crippen LogP contribution in [0.3, 0.4) is 0 Å². The highest BCUT2D eigenvalue weighted by Crippen LogP contribution is 2.29. The fourth-order valence-electron chi connectivity index (χ4n) is 3.44. The molecular weight excluding hydrogens is 446 g/mol. The molecule has 35 heavy (non-hydrogen) atoms. The molecule has 4 aromatic rings. The molecule has 5 rings (SSSR count). The fourth-order valence-corrected chi connectivity index (χ4v) is 3.44. The van der Waals surface area contributed by atoms with Crippen LogP contribution >= 0.6 is 0 Å². The summed E-state index contributed by atoms with van der Waals surface area (Å²) in [6.07, 6.45) is 7.78. The Kier molecular flexibility index (Phi) is 7.41. The Bertz CT molecular complexity index is 1300. The first-order valence-electron chi connectivity index (χ1n) is 11.1. The minimum Gasteiger partial charge on any atom is -0.483 e. The van der Waals surface area contributed by atoms with Gasteiger partial charge in [0.05, 0.1) is 17.1 Å². The summed E-state index contributed by atoms with van der Waals surface area (Å²) in [7, 11) is 1.80. The summed E-state index contributed by atoms with van der Waals surface area (Å²) in [5.74, 6) is 1.27. The number of carbonyl (C=O) groups is 2. The van der Waals surface area contributed by atoms with Crippen LogP contribution in [0, 0.1) is 5.92 Å². The molecule has 3 N–H and O–H groups in total. The second kappa shape index (κ2) is 11.0. The first-order valence-corrected chi connectivity index (χ1v) is 11.1. The molecule has 0 bridgehead atoms. The number of hydrogen-bond acceptors (Lipinski definition) is 7. The van der Waals surface area contributed by atoms with Gasteiger partial charge >= 0.3 is 0 Å². The van der Waals surface area contributed by atoms with Gasteiger partial charge in [0.15, 0.2) is 0 Å². The van der Waals surface area contributed by atoms with E-state index < -0.39 is 0 Å². The van der Waals surface area contributed by atoms with Gasteiger partial charge in [-0.05, 0) is 55.2 Å². The monoisotopic (exact) mass is 471 g/mol. The smallest absolute Gasteiger partial charge is 0.290 e. The summed E-state index contributed by atoms with van der Waals surface area (Å²) in [5.41, 5.74) is 3.82. The van der Waals surface area contributed by atoms with Gasteiger partial charge in [0.1, 0.15) is 17.2 Å². The molecule has 1 fully saturated rings. The Balaban J connectivity index is 0.000000917. The minimum absolute atomic E-state index is 0.250. The molecule has 1 aliphatic rings. The van der Waals surface area contributed by atoms with Crippen LogP contribution in [0.1, 0.15) is 23.3 Å². The average molecular weight is 472 g/mol. The van der Waals surface area contributed by atoms with Gasteiger partial charge in [-0.3, -0.25) is 19.3 Å². The van der Waals surface area contributed by atoms with Crippen molar-refractivity contribution in [3.05, 3.63) is 72.8 Å². The van der Waals surface area contributed by atoms with Crippen molar-refractivity contribution < 1.29 is 14.7 Å². The van der Waals surface area contributed by atoms with Gasteiger partial charge < -0.3 is 15.7 Å². The molecule has 178 valence electrons. The van der Waals surface area contributed by atoms with E-state index in [4.69, 9.17) is 9.90 Å². The van der Waals surface area contributed by atoms with Crippen molar-refractivity contribution in [3.8, 4) is 22.6 Å². The van der Waals surface area contributed by atoms with Crippen molar-refractivity contribution in [2.24, 2.45) is 13.0 Å². The standard InChI is InChI=1S/C24H23N7O.CH2O2/c1-31-15-21(23(30-31)19-5-2-3-11-25-19)29-24(32)20-7-4-6-18(28-20)17-10-12-26-22(13-17)27-14-16-8-9-16;2-1-3/h2-7,10-13,15-16H,8-9,14H2,1H3,(H,26,27)(H,29,32);1H,(H,2,3). The molecular formula is C25H25N7O3. The highest BCUT2D eigenvalue weighted by atomic mass is 16.3. The number of nitrogens with one attached hydrogen (secondary N) is 2. The number of carbonyl (C=O) groups excluding carboxylic acids is 1. The van der Waals surface area contributed by atoms with E-state index in [9.17, 15) is 4.79 Å². The van der Waals surface area contributed by atoms with Crippen molar-refractivity contribution in [1.82, 2.24) is 24.7 Å². The zero-order chi connectivity index (χ0) is 24.6. The molecule has 0 unspecified atom stereocenters. The highest BCUT2D eigenvalue weighted by molar-refractivity contribution is 6.04. The topological polar surface area (TPSA) is 135 Å². The van der Waals surface area contributed by atoms with Gasteiger partial charge in [-0.15, -0.1) is 0 Å². The summed E-state index contributed by atoms with van der Waals surface area (Å²) >= 11 is 0. The quantitative estimate of drug-likeness (QED) is 0.347. The molecule has 0 aromatic carbocycles. The molecule has 0 radical (unpaired) electrons. The van der Waals surface area contributed by atoms with Crippen molar-refractivity contribution in [2.75, 3.05) is 17.2 Å². The van der Waals surface area contributed by atoms with E-state index in [-0.39, 0.29) is 12.4 Å². The van der Waals surface area contributed by atoms with Gasteiger partial charge in [-0.25, -0.2) is 9.97 Å². The van der Waals surface area contributed by atoms with Crippen molar-refractivity contribution in [3.63, 3.8) is 0 Å². The number of hydrogen-bond donors (Lipinski definition) is 3. The van der Waals surface area contributed by atoms with E-state index in [1.165, 1.54) is 12.8 Å². The molecule has 1 saturated carbocycles.